The lowest BCUT2D eigenvalue weighted by atomic mass is 10.2. The Bertz CT molecular complexity index is 368. The summed E-state index contributed by atoms with van der Waals surface area (Å²) < 4.78 is 5.08. The Balaban J connectivity index is 2.00. The van der Waals surface area contributed by atoms with E-state index >= 15 is 0 Å². The second-order valence-electron chi connectivity index (χ2n) is 4.30. The van der Waals surface area contributed by atoms with Crippen LogP contribution in [0.1, 0.15) is 19.3 Å². The molecule has 0 atom stereocenters. The summed E-state index contributed by atoms with van der Waals surface area (Å²) in [5.41, 5.74) is 0.923. The van der Waals surface area contributed by atoms with Gasteiger partial charge >= 0.3 is 0 Å². The van der Waals surface area contributed by atoms with Crippen LogP contribution in [0.5, 0.6) is 5.75 Å². The van der Waals surface area contributed by atoms with Crippen molar-refractivity contribution in [1.29, 1.82) is 0 Å². The van der Waals surface area contributed by atoms with E-state index in [0.717, 1.165) is 11.4 Å². The molecule has 0 N–H and O–H groups in total. The van der Waals surface area contributed by atoms with Gasteiger partial charge in [0.2, 0.25) is 5.91 Å². The summed E-state index contributed by atoms with van der Waals surface area (Å²) in [6, 6.07) is 7.56. The van der Waals surface area contributed by atoms with Crippen molar-refractivity contribution in [2.75, 3.05) is 19.1 Å². The van der Waals surface area contributed by atoms with Crippen LogP contribution in [-0.4, -0.2) is 20.1 Å². The molecule has 0 bridgehead atoms. The minimum atomic E-state index is 0.202. The molecule has 1 saturated carbocycles. The molecule has 1 aliphatic rings. The number of rotatable bonds is 4. The number of nitrogens with zero attached hydrogens (tertiary/aromatic N) is 1. The van der Waals surface area contributed by atoms with Gasteiger partial charge in [-0.2, -0.15) is 0 Å². The van der Waals surface area contributed by atoms with Gasteiger partial charge in [-0.3, -0.25) is 4.79 Å². The van der Waals surface area contributed by atoms with Gasteiger partial charge in [0, 0.05) is 19.2 Å². The van der Waals surface area contributed by atoms with Crippen LogP contribution in [0.3, 0.4) is 0 Å². The lowest BCUT2D eigenvalue weighted by Crippen LogP contribution is -2.26. The number of carbonyl (C=O) groups excluding carboxylic acids is 1. The molecule has 2 rings (SSSR count). The van der Waals surface area contributed by atoms with Gasteiger partial charge in [-0.25, -0.2) is 0 Å². The SMILES string of the molecule is COc1ccc(N(C)C(=O)CC2CC2)cc1. The van der Waals surface area contributed by atoms with Gasteiger partial charge in [0.25, 0.3) is 0 Å². The van der Waals surface area contributed by atoms with E-state index in [1.54, 1.807) is 12.0 Å². The first-order valence-electron chi connectivity index (χ1n) is 5.61. The van der Waals surface area contributed by atoms with Gasteiger partial charge in [-0.15, -0.1) is 0 Å². The van der Waals surface area contributed by atoms with Crippen LogP contribution >= 0.6 is 0 Å². The average molecular weight is 219 g/mol. The van der Waals surface area contributed by atoms with E-state index in [1.807, 2.05) is 31.3 Å². The van der Waals surface area contributed by atoms with E-state index in [2.05, 4.69) is 0 Å². The maximum absolute atomic E-state index is 11.8. The molecule has 16 heavy (non-hydrogen) atoms. The molecule has 3 nitrogen and oxygen atoms in total. The van der Waals surface area contributed by atoms with Crippen molar-refractivity contribution in [2.24, 2.45) is 5.92 Å². The van der Waals surface area contributed by atoms with Crippen LogP contribution in [0.4, 0.5) is 5.69 Å². The third kappa shape index (κ3) is 2.54. The summed E-state index contributed by atoms with van der Waals surface area (Å²) in [5.74, 6) is 1.65. The number of hydrogen-bond donors (Lipinski definition) is 0. The van der Waals surface area contributed by atoms with Gasteiger partial charge in [0.15, 0.2) is 0 Å². The Morgan fingerprint density at radius 3 is 2.50 bits per heavy atom. The largest absolute Gasteiger partial charge is 0.497 e. The van der Waals surface area contributed by atoms with E-state index in [4.69, 9.17) is 4.74 Å². The Hall–Kier alpha value is -1.51. The summed E-state index contributed by atoms with van der Waals surface area (Å²) in [5, 5.41) is 0. The minimum absolute atomic E-state index is 0.202. The Labute approximate surface area is 96.0 Å². The molecule has 1 fully saturated rings. The zero-order valence-electron chi connectivity index (χ0n) is 9.77. The molecule has 0 saturated heterocycles. The molecule has 1 aliphatic carbocycles. The zero-order valence-corrected chi connectivity index (χ0v) is 9.77. The first kappa shape index (κ1) is 11.0. The lowest BCUT2D eigenvalue weighted by Gasteiger charge is -2.17. The van der Waals surface area contributed by atoms with E-state index in [-0.39, 0.29) is 5.91 Å². The van der Waals surface area contributed by atoms with Crippen LogP contribution in [0, 0.1) is 5.92 Å². The second-order valence-corrected chi connectivity index (χ2v) is 4.30. The maximum Gasteiger partial charge on any atom is 0.226 e. The molecule has 0 radical (unpaired) electrons. The first-order chi connectivity index (χ1) is 7.70. The van der Waals surface area contributed by atoms with Crippen LogP contribution in [-0.2, 0) is 4.79 Å². The predicted octanol–water partition coefficient (Wildman–Crippen LogP) is 2.46. The fraction of sp³-hybridized carbons (Fsp3) is 0.462. The third-order valence-electron chi connectivity index (χ3n) is 2.99. The number of benzene rings is 1. The zero-order chi connectivity index (χ0) is 11.5. The number of anilines is 1. The molecule has 0 spiro atoms. The average Bonchev–Trinajstić information content (AvgIpc) is 3.12. The van der Waals surface area contributed by atoms with Gasteiger partial charge in [-0.1, -0.05) is 0 Å². The van der Waals surface area contributed by atoms with E-state index in [1.165, 1.54) is 12.8 Å². The third-order valence-corrected chi connectivity index (χ3v) is 2.99. The van der Waals surface area contributed by atoms with E-state index in [9.17, 15) is 4.79 Å². The maximum atomic E-state index is 11.8. The number of hydrogen-bond acceptors (Lipinski definition) is 2. The molecule has 86 valence electrons. The first-order valence-corrected chi connectivity index (χ1v) is 5.61. The molecular weight excluding hydrogens is 202 g/mol. The Morgan fingerprint density at radius 1 is 1.38 bits per heavy atom. The van der Waals surface area contributed by atoms with Crippen molar-refractivity contribution in [2.45, 2.75) is 19.3 Å². The molecule has 1 aromatic rings. The molecular formula is C13H17NO2. The summed E-state index contributed by atoms with van der Waals surface area (Å²) in [4.78, 5) is 13.6. The fourth-order valence-electron chi connectivity index (χ4n) is 1.66. The molecule has 0 aliphatic heterocycles. The lowest BCUT2D eigenvalue weighted by molar-refractivity contribution is -0.118. The van der Waals surface area contributed by atoms with Crippen LogP contribution in [0.25, 0.3) is 0 Å². The summed E-state index contributed by atoms with van der Waals surface area (Å²) in [6.45, 7) is 0. The monoisotopic (exact) mass is 219 g/mol. The summed E-state index contributed by atoms with van der Waals surface area (Å²) >= 11 is 0. The van der Waals surface area contributed by atoms with E-state index < -0.39 is 0 Å². The van der Waals surface area contributed by atoms with Crippen molar-refractivity contribution in [3.63, 3.8) is 0 Å². The van der Waals surface area contributed by atoms with Crippen molar-refractivity contribution in [1.82, 2.24) is 0 Å². The quantitative estimate of drug-likeness (QED) is 0.778. The van der Waals surface area contributed by atoms with Crippen molar-refractivity contribution in [3.8, 4) is 5.75 Å². The normalized spacial score (nSPS) is 14.6. The van der Waals surface area contributed by atoms with Crippen LogP contribution in [0.2, 0.25) is 0 Å². The number of amides is 1. The molecule has 0 aromatic heterocycles. The van der Waals surface area contributed by atoms with Gasteiger partial charge in [-0.05, 0) is 43.0 Å². The summed E-state index contributed by atoms with van der Waals surface area (Å²) in [6.07, 6.45) is 3.10. The van der Waals surface area contributed by atoms with Gasteiger partial charge in [0.05, 0.1) is 7.11 Å². The van der Waals surface area contributed by atoms with Gasteiger partial charge < -0.3 is 9.64 Å². The number of ether oxygens (including phenoxy) is 1. The standard InChI is InChI=1S/C13H17NO2/c1-14(13(15)9-10-3-4-10)11-5-7-12(16-2)8-6-11/h5-8,10H,3-4,9H2,1-2H3. The Morgan fingerprint density at radius 2 is 2.00 bits per heavy atom. The highest BCUT2D eigenvalue weighted by Gasteiger charge is 2.26. The highest BCUT2D eigenvalue weighted by atomic mass is 16.5. The number of methoxy groups -OCH3 is 1. The van der Waals surface area contributed by atoms with Crippen LogP contribution in [0.15, 0.2) is 24.3 Å². The van der Waals surface area contributed by atoms with Crippen molar-refractivity contribution >= 4 is 11.6 Å². The molecule has 0 heterocycles. The smallest absolute Gasteiger partial charge is 0.226 e. The van der Waals surface area contributed by atoms with Crippen molar-refractivity contribution < 1.29 is 9.53 Å². The molecule has 1 amide bonds. The predicted molar refractivity (Wildman–Crippen MR) is 63.7 cm³/mol. The molecule has 0 unspecified atom stereocenters. The number of carbonyl (C=O) groups is 1. The second kappa shape index (κ2) is 4.56. The topological polar surface area (TPSA) is 29.5 Å². The molecule has 3 heteroatoms. The molecule has 1 aromatic carbocycles. The fourth-order valence-corrected chi connectivity index (χ4v) is 1.66. The van der Waals surface area contributed by atoms with Crippen LogP contribution < -0.4 is 9.64 Å². The highest BCUT2D eigenvalue weighted by Crippen LogP contribution is 2.33. The van der Waals surface area contributed by atoms with Gasteiger partial charge in [0.1, 0.15) is 5.75 Å². The highest BCUT2D eigenvalue weighted by molar-refractivity contribution is 5.93. The van der Waals surface area contributed by atoms with E-state index in [0.29, 0.717) is 12.3 Å². The van der Waals surface area contributed by atoms with Crippen molar-refractivity contribution in [3.05, 3.63) is 24.3 Å². The minimum Gasteiger partial charge on any atom is -0.497 e. The Kier molecular flexibility index (Phi) is 3.13. The summed E-state index contributed by atoms with van der Waals surface area (Å²) in [7, 11) is 3.46.